The molecule has 1 atom stereocenters. The Morgan fingerprint density at radius 1 is 1.04 bits per heavy atom. The summed E-state index contributed by atoms with van der Waals surface area (Å²) in [5, 5.41) is 12.9. The number of likely N-dealkylation sites (tertiary alicyclic amines) is 2. The van der Waals surface area contributed by atoms with E-state index in [4.69, 9.17) is 18.9 Å². The minimum atomic E-state index is -4.70. The number of urea groups is 1. The van der Waals surface area contributed by atoms with Crippen LogP contribution in [-0.4, -0.2) is 125 Å². The highest BCUT2D eigenvalue weighted by molar-refractivity contribution is 7.93. The average molecular weight is 760 g/mol. The molecule has 1 N–H and O–H groups in total. The number of hydrogen-bond donors (Lipinski definition) is 1. The summed E-state index contributed by atoms with van der Waals surface area (Å²) in [6.07, 6.45) is 4.64. The maximum Gasteiger partial charge on any atom is 0.318 e. The van der Waals surface area contributed by atoms with E-state index in [-0.39, 0.29) is 44.9 Å². The second-order valence-corrected chi connectivity index (χ2v) is 15.7. The molecule has 0 spiro atoms. The van der Waals surface area contributed by atoms with Crippen LogP contribution < -0.4 is 23.8 Å². The number of ether oxygens (including phenoxy) is 4. The molecule has 1 aromatic heterocycles. The fourth-order valence-electron chi connectivity index (χ4n) is 8.08. The number of piperidine rings is 1. The van der Waals surface area contributed by atoms with Crippen LogP contribution in [0.1, 0.15) is 42.9 Å². The van der Waals surface area contributed by atoms with E-state index in [1.54, 1.807) is 17.0 Å². The highest BCUT2D eigenvalue weighted by Gasteiger charge is 2.59. The first-order valence-electron chi connectivity index (χ1n) is 18.1. The molecule has 4 aliphatic rings. The van der Waals surface area contributed by atoms with Crippen LogP contribution in [0.2, 0.25) is 0 Å². The lowest BCUT2D eigenvalue weighted by Gasteiger charge is -2.50. The molecule has 4 aliphatic heterocycles. The summed E-state index contributed by atoms with van der Waals surface area (Å²) < 4.78 is 51.7. The third kappa shape index (κ3) is 6.28. The predicted molar refractivity (Wildman–Crippen MR) is 197 cm³/mol. The zero-order chi connectivity index (χ0) is 38.2. The summed E-state index contributed by atoms with van der Waals surface area (Å²) in [4.78, 5) is 40.1. The number of aromatic nitrogens is 1. The van der Waals surface area contributed by atoms with Crippen molar-refractivity contribution < 1.29 is 37.0 Å². The predicted octanol–water partition coefficient (Wildman–Crippen LogP) is 2.93. The number of nitriles is 1. The number of amides is 3. The molecule has 286 valence electrons. The molecular formula is C38H45N7O8S. The van der Waals surface area contributed by atoms with Crippen LogP contribution in [0.15, 0.2) is 59.6 Å². The van der Waals surface area contributed by atoms with Gasteiger partial charge in [-0.3, -0.25) is 14.6 Å². The second kappa shape index (κ2) is 15.1. The van der Waals surface area contributed by atoms with Gasteiger partial charge in [0.05, 0.1) is 63.5 Å². The first kappa shape index (κ1) is 37.4. The number of anilines is 1. The van der Waals surface area contributed by atoms with Gasteiger partial charge in [-0.05, 0) is 68.3 Å². The lowest BCUT2D eigenvalue weighted by molar-refractivity contribution is -0.121. The normalized spacial score (nSPS) is 20.9. The molecule has 2 aromatic carbocycles. The molecule has 5 heterocycles. The Hall–Kier alpha value is -4.95. The molecule has 7 rings (SSSR count). The molecule has 54 heavy (non-hydrogen) atoms. The van der Waals surface area contributed by atoms with Crippen LogP contribution in [0, 0.1) is 11.3 Å². The van der Waals surface area contributed by atoms with E-state index >= 15 is 4.79 Å². The molecule has 3 fully saturated rings. The molecule has 0 unspecified atom stereocenters. The molecule has 0 aliphatic carbocycles. The molecular weight excluding hydrogens is 715 g/mol. The van der Waals surface area contributed by atoms with Crippen molar-refractivity contribution in [1.82, 2.24) is 25.0 Å². The second-order valence-electron chi connectivity index (χ2n) is 13.9. The van der Waals surface area contributed by atoms with Gasteiger partial charge in [-0.2, -0.15) is 9.57 Å². The van der Waals surface area contributed by atoms with Crippen molar-refractivity contribution in [1.29, 1.82) is 5.26 Å². The number of hydrogen-bond acceptors (Lipinski definition) is 12. The van der Waals surface area contributed by atoms with Crippen molar-refractivity contribution in [2.45, 2.75) is 54.7 Å². The number of nitrogens with zero attached hydrogens (tertiary/aromatic N) is 6. The smallest absolute Gasteiger partial charge is 0.318 e. The Kier molecular flexibility index (Phi) is 10.4. The molecule has 0 bridgehead atoms. The number of carbonyl (C=O) groups is 2. The molecule has 3 saturated heterocycles. The highest BCUT2D eigenvalue weighted by atomic mass is 32.2. The van der Waals surface area contributed by atoms with Crippen LogP contribution in [-0.2, 0) is 25.1 Å². The highest BCUT2D eigenvalue weighted by Crippen LogP contribution is 2.50. The number of benzene rings is 2. The molecule has 16 heteroatoms. The fourth-order valence-corrected chi connectivity index (χ4v) is 9.69. The van der Waals surface area contributed by atoms with Gasteiger partial charge in [0.2, 0.25) is 5.88 Å². The fraction of sp³-hybridized carbons (Fsp3) is 0.474. The Morgan fingerprint density at radius 3 is 2.43 bits per heavy atom. The van der Waals surface area contributed by atoms with Crippen molar-refractivity contribution in [3.05, 3.63) is 71.4 Å². The number of rotatable bonds is 12. The Labute approximate surface area is 315 Å². The van der Waals surface area contributed by atoms with Gasteiger partial charge in [0, 0.05) is 56.1 Å². The summed E-state index contributed by atoms with van der Waals surface area (Å²) >= 11 is 0. The van der Waals surface area contributed by atoms with Gasteiger partial charge < -0.3 is 29.2 Å². The van der Waals surface area contributed by atoms with E-state index in [0.29, 0.717) is 35.2 Å². The number of carbonyl (C=O) groups excluding carboxylic acids is 2. The number of sulfonamides is 1. The summed E-state index contributed by atoms with van der Waals surface area (Å²) in [5.41, 5.74) is -1.86. The van der Waals surface area contributed by atoms with E-state index in [0.717, 1.165) is 52.1 Å². The van der Waals surface area contributed by atoms with Crippen LogP contribution in [0.3, 0.4) is 0 Å². The number of fused-ring (bicyclic) bond motifs is 1. The van der Waals surface area contributed by atoms with Crippen molar-refractivity contribution in [3.8, 4) is 23.4 Å². The third-order valence-electron chi connectivity index (χ3n) is 11.0. The van der Waals surface area contributed by atoms with E-state index in [1.165, 1.54) is 63.9 Å². The Morgan fingerprint density at radius 2 is 1.80 bits per heavy atom. The van der Waals surface area contributed by atoms with Crippen LogP contribution in [0.25, 0.3) is 0 Å². The Balaban J connectivity index is 1.20. The quantitative estimate of drug-likeness (QED) is 0.287. The standard InChI is InChI=1S/C38H45N7O8S/c1-5-15-44(28-23-53-24-28)26-12-16-42(17-13-26)27-21-43(22-27)37(47)41-38(30-7-6-14-40-35(30)52-4)31-18-25(20-39)8-10-32(31)45(36(38)46)54(48,49)34-11-9-29(50-2)19-33(34)51-3/h6-11,14,18-19,26-28H,5,12-13,15-17,21-24H2,1-4H3,(H,41,47)/t38-/m1/s1. The van der Waals surface area contributed by atoms with Crippen LogP contribution in [0.4, 0.5) is 10.5 Å². The van der Waals surface area contributed by atoms with Gasteiger partial charge in [-0.25, -0.2) is 18.2 Å². The molecule has 15 nitrogen and oxygen atoms in total. The molecule has 3 aromatic rings. The largest absolute Gasteiger partial charge is 0.497 e. The van der Waals surface area contributed by atoms with Gasteiger partial charge in [-0.1, -0.05) is 6.92 Å². The lowest BCUT2D eigenvalue weighted by atomic mass is 9.83. The zero-order valence-corrected chi connectivity index (χ0v) is 31.7. The minimum absolute atomic E-state index is 0.00401. The van der Waals surface area contributed by atoms with Crippen molar-refractivity contribution in [3.63, 3.8) is 0 Å². The van der Waals surface area contributed by atoms with Gasteiger partial charge in [-0.15, -0.1) is 0 Å². The van der Waals surface area contributed by atoms with Crippen LogP contribution >= 0.6 is 0 Å². The van der Waals surface area contributed by atoms with Crippen LogP contribution in [0.5, 0.6) is 17.4 Å². The molecule has 0 saturated carbocycles. The van der Waals surface area contributed by atoms with Crippen molar-refractivity contribution in [2.75, 3.05) is 71.6 Å². The maximum absolute atomic E-state index is 15.1. The van der Waals surface area contributed by atoms with Crippen molar-refractivity contribution >= 4 is 27.6 Å². The van der Waals surface area contributed by atoms with E-state index in [2.05, 4.69) is 33.1 Å². The van der Waals surface area contributed by atoms with Gasteiger partial charge in [0.15, 0.2) is 5.54 Å². The van der Waals surface area contributed by atoms with E-state index in [9.17, 15) is 18.5 Å². The van der Waals surface area contributed by atoms with E-state index < -0.39 is 27.5 Å². The summed E-state index contributed by atoms with van der Waals surface area (Å²) in [6.45, 7) is 7.54. The van der Waals surface area contributed by atoms with Gasteiger partial charge >= 0.3 is 6.03 Å². The van der Waals surface area contributed by atoms with E-state index in [1.807, 2.05) is 0 Å². The first-order valence-corrected chi connectivity index (χ1v) is 19.6. The molecule has 3 amide bonds. The monoisotopic (exact) mass is 759 g/mol. The Bertz CT molecular complexity index is 2060. The minimum Gasteiger partial charge on any atom is -0.497 e. The van der Waals surface area contributed by atoms with Crippen molar-refractivity contribution in [2.24, 2.45) is 0 Å². The first-order chi connectivity index (χ1) is 26.1. The van der Waals surface area contributed by atoms with Gasteiger partial charge in [0.25, 0.3) is 15.9 Å². The number of nitrogens with one attached hydrogen (secondary N) is 1. The molecule has 0 radical (unpaired) electrons. The van der Waals surface area contributed by atoms with Gasteiger partial charge in [0.1, 0.15) is 16.4 Å². The SMILES string of the molecule is CCCN(C1CCN(C2CN(C(=O)N[C@@]3(c4cccnc4OC)C(=O)N(S(=O)(=O)c4ccc(OC)cc4OC)c4ccc(C#N)cc43)C2)CC1)C1COC1. The zero-order valence-electron chi connectivity index (χ0n) is 30.9. The average Bonchev–Trinajstić information content (AvgIpc) is 3.40. The summed E-state index contributed by atoms with van der Waals surface area (Å²) in [7, 11) is -0.583. The number of methoxy groups -OCH3 is 3. The third-order valence-corrected chi connectivity index (χ3v) is 12.7. The maximum atomic E-state index is 15.1. The summed E-state index contributed by atoms with van der Waals surface area (Å²) in [5.74, 6) is -0.712. The topological polar surface area (TPSA) is 167 Å². The lowest BCUT2D eigenvalue weighted by Crippen LogP contribution is -2.67. The summed E-state index contributed by atoms with van der Waals surface area (Å²) in [6, 6.07) is 14.1. The number of pyridine rings is 1.